The van der Waals surface area contributed by atoms with Crippen LogP contribution in [-0.2, 0) is 19.5 Å². The molecule has 0 spiro atoms. The zero-order chi connectivity index (χ0) is 21.3. The maximum Gasteiger partial charge on any atom is 0.174 e. The molecule has 0 unspecified atom stereocenters. The Kier molecular flexibility index (Phi) is 7.69. The zero-order valence-corrected chi connectivity index (χ0v) is 18.5. The second-order valence-electron chi connectivity index (χ2n) is 7.00. The monoisotopic (exact) mass is 420 g/mol. The van der Waals surface area contributed by atoms with Gasteiger partial charge in [0, 0.05) is 24.3 Å². The van der Waals surface area contributed by atoms with Gasteiger partial charge in [0.25, 0.3) is 0 Å². The minimum atomic E-state index is 0.592. The van der Waals surface area contributed by atoms with Gasteiger partial charge in [-0.3, -0.25) is 0 Å². The molecule has 30 heavy (non-hydrogen) atoms. The van der Waals surface area contributed by atoms with E-state index < -0.39 is 0 Å². The maximum atomic E-state index is 5.82. The Morgan fingerprint density at radius 1 is 0.867 bits per heavy atom. The molecule has 0 atom stereocenters. The van der Waals surface area contributed by atoms with Crippen molar-refractivity contribution in [1.82, 2.24) is 4.90 Å². The molecule has 4 nitrogen and oxygen atoms in total. The molecule has 3 aromatic rings. The van der Waals surface area contributed by atoms with Crippen LogP contribution in [0.5, 0.6) is 11.5 Å². The predicted octanol–water partition coefficient (Wildman–Crippen LogP) is 5.67. The average molecular weight is 421 g/mol. The second-order valence-corrected chi connectivity index (χ2v) is 7.39. The largest absolute Gasteiger partial charge is 0.497 e. The lowest BCUT2D eigenvalue weighted by Crippen LogP contribution is -2.34. The summed E-state index contributed by atoms with van der Waals surface area (Å²) in [4.78, 5) is 2.14. The molecule has 0 saturated heterocycles. The summed E-state index contributed by atoms with van der Waals surface area (Å²) in [7, 11) is 3.35. The summed E-state index contributed by atoms with van der Waals surface area (Å²) < 4.78 is 11.0. The average Bonchev–Trinajstić information content (AvgIpc) is 2.79. The van der Waals surface area contributed by atoms with Crippen LogP contribution in [0, 0.1) is 0 Å². The van der Waals surface area contributed by atoms with E-state index in [1.54, 1.807) is 14.2 Å². The van der Waals surface area contributed by atoms with Gasteiger partial charge in [-0.05, 0) is 60.1 Å². The first-order chi connectivity index (χ1) is 14.6. The topological polar surface area (TPSA) is 33.7 Å². The molecule has 0 fully saturated rings. The molecule has 0 aliphatic rings. The first-order valence-electron chi connectivity index (χ1n) is 10.0. The van der Waals surface area contributed by atoms with E-state index in [4.69, 9.17) is 21.7 Å². The number of methoxy groups -OCH3 is 2. The van der Waals surface area contributed by atoms with E-state index in [0.29, 0.717) is 18.2 Å². The molecule has 0 aliphatic carbocycles. The van der Waals surface area contributed by atoms with Crippen molar-refractivity contribution < 1.29 is 9.47 Å². The molecule has 5 heteroatoms. The molecule has 3 aromatic carbocycles. The van der Waals surface area contributed by atoms with E-state index in [1.165, 1.54) is 11.1 Å². The van der Waals surface area contributed by atoms with Crippen molar-refractivity contribution in [3.05, 3.63) is 89.5 Å². The molecule has 0 bridgehead atoms. The van der Waals surface area contributed by atoms with E-state index in [2.05, 4.69) is 47.5 Å². The Labute approximate surface area is 184 Å². The quantitative estimate of drug-likeness (QED) is 0.475. The van der Waals surface area contributed by atoms with Gasteiger partial charge in [-0.2, -0.15) is 0 Å². The molecule has 0 heterocycles. The fraction of sp³-hybridized carbons (Fsp3) is 0.240. The van der Waals surface area contributed by atoms with E-state index in [9.17, 15) is 0 Å². The number of hydrogen-bond donors (Lipinski definition) is 1. The van der Waals surface area contributed by atoms with Crippen molar-refractivity contribution in [2.24, 2.45) is 0 Å². The lowest BCUT2D eigenvalue weighted by Gasteiger charge is -2.27. The summed E-state index contributed by atoms with van der Waals surface area (Å²) in [6.07, 6.45) is 0.983. The highest BCUT2D eigenvalue weighted by atomic mass is 32.1. The fourth-order valence-electron chi connectivity index (χ4n) is 3.29. The van der Waals surface area contributed by atoms with Crippen LogP contribution < -0.4 is 14.8 Å². The van der Waals surface area contributed by atoms with Crippen LogP contribution in [0.1, 0.15) is 23.6 Å². The van der Waals surface area contributed by atoms with Crippen LogP contribution in [0.4, 0.5) is 5.69 Å². The van der Waals surface area contributed by atoms with E-state index in [0.717, 1.165) is 29.2 Å². The molecular formula is C25H28N2O2S. The number of anilines is 1. The molecule has 0 amide bonds. The van der Waals surface area contributed by atoms with Crippen LogP contribution >= 0.6 is 12.2 Å². The first-order valence-corrected chi connectivity index (χ1v) is 10.4. The summed E-state index contributed by atoms with van der Waals surface area (Å²) >= 11 is 5.82. The van der Waals surface area contributed by atoms with Crippen LogP contribution in [-0.4, -0.2) is 24.2 Å². The van der Waals surface area contributed by atoms with Crippen molar-refractivity contribution in [2.75, 3.05) is 19.5 Å². The Balaban J connectivity index is 1.87. The normalized spacial score (nSPS) is 10.4. The van der Waals surface area contributed by atoms with Gasteiger partial charge < -0.3 is 19.7 Å². The number of hydrogen-bond acceptors (Lipinski definition) is 3. The Bertz CT molecular complexity index is 976. The van der Waals surface area contributed by atoms with Crippen LogP contribution in [0.25, 0.3) is 0 Å². The molecule has 3 rings (SSSR count). The number of thiocarbonyl (C=S) groups is 1. The number of nitrogens with one attached hydrogen (secondary N) is 1. The summed E-state index contributed by atoms with van der Waals surface area (Å²) in [6.45, 7) is 3.42. The highest BCUT2D eigenvalue weighted by Crippen LogP contribution is 2.26. The molecular weight excluding hydrogens is 392 g/mol. The predicted molar refractivity (Wildman–Crippen MR) is 127 cm³/mol. The lowest BCUT2D eigenvalue weighted by atomic mass is 10.1. The number of rotatable bonds is 8. The minimum Gasteiger partial charge on any atom is -0.497 e. The molecule has 0 saturated carbocycles. The Morgan fingerprint density at radius 3 is 2.33 bits per heavy atom. The molecule has 0 aromatic heterocycles. The number of nitrogens with zero attached hydrogens (tertiary/aromatic N) is 1. The van der Waals surface area contributed by atoms with Crippen LogP contribution in [0.2, 0.25) is 0 Å². The molecule has 0 aliphatic heterocycles. The molecule has 156 valence electrons. The standard InChI is InChI=1S/C25H28N2O2S/c1-4-19-11-8-12-22(15-19)26-25(30)27(17-20-9-6-5-7-10-20)18-21-16-23(28-2)13-14-24(21)29-3/h5-16H,4,17-18H2,1-3H3,(H,26,30). The number of ether oxygens (including phenoxy) is 2. The summed E-state index contributed by atoms with van der Waals surface area (Å²) in [5, 5.41) is 4.07. The van der Waals surface area contributed by atoms with Gasteiger partial charge in [0.15, 0.2) is 5.11 Å². The highest BCUT2D eigenvalue weighted by Gasteiger charge is 2.15. The van der Waals surface area contributed by atoms with Crippen molar-refractivity contribution in [3.63, 3.8) is 0 Å². The second kappa shape index (κ2) is 10.6. The summed E-state index contributed by atoms with van der Waals surface area (Å²) in [6, 6.07) is 24.5. The van der Waals surface area contributed by atoms with Gasteiger partial charge in [-0.25, -0.2) is 0 Å². The van der Waals surface area contributed by atoms with E-state index >= 15 is 0 Å². The van der Waals surface area contributed by atoms with Gasteiger partial charge in [0.05, 0.1) is 14.2 Å². The van der Waals surface area contributed by atoms with Crippen molar-refractivity contribution >= 4 is 23.0 Å². The zero-order valence-electron chi connectivity index (χ0n) is 17.7. The van der Waals surface area contributed by atoms with Crippen molar-refractivity contribution in [3.8, 4) is 11.5 Å². The highest BCUT2D eigenvalue weighted by molar-refractivity contribution is 7.80. The number of aryl methyl sites for hydroxylation is 1. The maximum absolute atomic E-state index is 5.82. The van der Waals surface area contributed by atoms with E-state index in [-0.39, 0.29) is 0 Å². The van der Waals surface area contributed by atoms with Crippen molar-refractivity contribution in [1.29, 1.82) is 0 Å². The van der Waals surface area contributed by atoms with Crippen LogP contribution in [0.15, 0.2) is 72.8 Å². The van der Waals surface area contributed by atoms with Gasteiger partial charge in [0.1, 0.15) is 11.5 Å². The lowest BCUT2D eigenvalue weighted by molar-refractivity contribution is 0.372. The minimum absolute atomic E-state index is 0.592. The third kappa shape index (κ3) is 5.74. The Morgan fingerprint density at radius 2 is 1.63 bits per heavy atom. The van der Waals surface area contributed by atoms with Gasteiger partial charge in [-0.15, -0.1) is 0 Å². The summed E-state index contributed by atoms with van der Waals surface area (Å²) in [5.41, 5.74) is 4.46. The third-order valence-electron chi connectivity index (χ3n) is 4.94. The van der Waals surface area contributed by atoms with E-state index in [1.807, 2.05) is 42.5 Å². The fourth-order valence-corrected chi connectivity index (χ4v) is 3.53. The number of benzene rings is 3. The van der Waals surface area contributed by atoms with Crippen LogP contribution in [0.3, 0.4) is 0 Å². The van der Waals surface area contributed by atoms with Gasteiger partial charge in [-0.1, -0.05) is 49.4 Å². The third-order valence-corrected chi connectivity index (χ3v) is 5.30. The SMILES string of the molecule is CCc1cccc(NC(=S)N(Cc2ccccc2)Cc2cc(OC)ccc2OC)c1. The molecule has 0 radical (unpaired) electrons. The van der Waals surface area contributed by atoms with Crippen molar-refractivity contribution in [2.45, 2.75) is 26.4 Å². The summed E-state index contributed by atoms with van der Waals surface area (Å²) in [5.74, 6) is 1.60. The first kappa shape index (κ1) is 21.7. The smallest absolute Gasteiger partial charge is 0.174 e. The van der Waals surface area contributed by atoms with Gasteiger partial charge in [0.2, 0.25) is 0 Å². The van der Waals surface area contributed by atoms with Gasteiger partial charge >= 0.3 is 0 Å². The molecule has 1 N–H and O–H groups in total. The Hall–Kier alpha value is -3.05.